The van der Waals surface area contributed by atoms with Crippen LogP contribution in [0.3, 0.4) is 0 Å². The van der Waals surface area contributed by atoms with Crippen molar-refractivity contribution in [3.63, 3.8) is 0 Å². The van der Waals surface area contributed by atoms with Gasteiger partial charge in [-0.15, -0.1) is 0 Å². The first-order valence-corrected chi connectivity index (χ1v) is 8.10. The SMILES string of the molecule is Cn1cc(S(=O)(=O)NCC2CCCCC2CO)cn1. The van der Waals surface area contributed by atoms with Crippen molar-refractivity contribution in [3.8, 4) is 0 Å². The molecule has 2 atom stereocenters. The largest absolute Gasteiger partial charge is 0.396 e. The number of aryl methyl sites for hydroxylation is 1. The molecule has 7 heteroatoms. The van der Waals surface area contributed by atoms with E-state index in [9.17, 15) is 13.5 Å². The van der Waals surface area contributed by atoms with Crippen molar-refractivity contribution < 1.29 is 13.5 Å². The Bertz CT molecular complexity index is 512. The molecule has 0 spiro atoms. The molecule has 1 aromatic rings. The second kappa shape index (κ2) is 6.02. The van der Waals surface area contributed by atoms with Crippen LogP contribution >= 0.6 is 0 Å². The van der Waals surface area contributed by atoms with E-state index < -0.39 is 10.0 Å². The van der Waals surface area contributed by atoms with Gasteiger partial charge in [0.05, 0.1) is 6.20 Å². The molecule has 0 bridgehead atoms. The predicted molar refractivity (Wildman–Crippen MR) is 70.9 cm³/mol. The van der Waals surface area contributed by atoms with Crippen molar-refractivity contribution in [2.75, 3.05) is 13.2 Å². The molecule has 0 aromatic carbocycles. The number of aliphatic hydroxyl groups excluding tert-OH is 1. The van der Waals surface area contributed by atoms with Crippen molar-refractivity contribution in [3.05, 3.63) is 12.4 Å². The zero-order valence-corrected chi connectivity index (χ0v) is 11.9. The lowest BCUT2D eigenvalue weighted by Gasteiger charge is -2.30. The minimum absolute atomic E-state index is 0.138. The minimum Gasteiger partial charge on any atom is -0.396 e. The molecule has 1 heterocycles. The number of rotatable bonds is 5. The van der Waals surface area contributed by atoms with Crippen LogP contribution in [-0.2, 0) is 17.1 Å². The Kier molecular flexibility index (Phi) is 4.59. The molecule has 1 saturated carbocycles. The number of nitrogens with zero attached hydrogens (tertiary/aromatic N) is 2. The molecule has 0 amide bonds. The van der Waals surface area contributed by atoms with E-state index in [4.69, 9.17) is 0 Å². The van der Waals surface area contributed by atoms with Gasteiger partial charge in [0, 0.05) is 26.4 Å². The maximum Gasteiger partial charge on any atom is 0.243 e. The van der Waals surface area contributed by atoms with Gasteiger partial charge in [-0.3, -0.25) is 4.68 Å². The lowest BCUT2D eigenvalue weighted by atomic mass is 9.80. The fourth-order valence-corrected chi connectivity index (χ4v) is 3.71. The lowest BCUT2D eigenvalue weighted by molar-refractivity contribution is 0.136. The summed E-state index contributed by atoms with van der Waals surface area (Å²) in [4.78, 5) is 0.186. The number of sulfonamides is 1. The first-order valence-electron chi connectivity index (χ1n) is 6.62. The Morgan fingerprint density at radius 1 is 1.42 bits per heavy atom. The van der Waals surface area contributed by atoms with Crippen LogP contribution in [0, 0.1) is 11.8 Å². The molecule has 1 aromatic heterocycles. The zero-order valence-electron chi connectivity index (χ0n) is 11.1. The second-order valence-corrected chi connectivity index (χ2v) is 6.96. The molecule has 1 fully saturated rings. The van der Waals surface area contributed by atoms with Gasteiger partial charge in [-0.1, -0.05) is 12.8 Å². The fraction of sp³-hybridized carbons (Fsp3) is 0.750. The van der Waals surface area contributed by atoms with E-state index in [0.717, 1.165) is 25.7 Å². The van der Waals surface area contributed by atoms with Crippen LogP contribution in [0.25, 0.3) is 0 Å². The van der Waals surface area contributed by atoms with Crippen LogP contribution in [0.1, 0.15) is 25.7 Å². The van der Waals surface area contributed by atoms with Crippen LogP contribution < -0.4 is 4.72 Å². The maximum atomic E-state index is 12.1. The molecule has 0 saturated heterocycles. The van der Waals surface area contributed by atoms with Crippen molar-refractivity contribution in [1.29, 1.82) is 0 Å². The standard InChI is InChI=1S/C12H21N3O3S/c1-15-8-12(7-13-15)19(17,18)14-6-10-4-2-3-5-11(10)9-16/h7-8,10-11,14,16H,2-6,9H2,1H3. The van der Waals surface area contributed by atoms with Crippen molar-refractivity contribution >= 4 is 10.0 Å². The molecule has 2 rings (SSSR count). The zero-order chi connectivity index (χ0) is 13.9. The molecule has 2 N–H and O–H groups in total. The van der Waals surface area contributed by atoms with Crippen molar-refractivity contribution in [2.45, 2.75) is 30.6 Å². The molecule has 19 heavy (non-hydrogen) atoms. The number of hydrogen-bond acceptors (Lipinski definition) is 4. The van der Waals surface area contributed by atoms with E-state index in [-0.39, 0.29) is 23.3 Å². The summed E-state index contributed by atoms with van der Waals surface area (Å²) in [6.07, 6.45) is 7.00. The smallest absolute Gasteiger partial charge is 0.243 e. The highest BCUT2D eigenvalue weighted by atomic mass is 32.2. The van der Waals surface area contributed by atoms with E-state index in [2.05, 4.69) is 9.82 Å². The van der Waals surface area contributed by atoms with Gasteiger partial charge in [-0.05, 0) is 24.7 Å². The van der Waals surface area contributed by atoms with E-state index in [1.165, 1.54) is 17.1 Å². The normalized spacial score (nSPS) is 24.5. The topological polar surface area (TPSA) is 84.2 Å². The highest BCUT2D eigenvalue weighted by Crippen LogP contribution is 2.29. The third-order valence-electron chi connectivity index (χ3n) is 3.83. The summed E-state index contributed by atoms with van der Waals surface area (Å²) < 4.78 is 28.2. The average Bonchev–Trinajstić information content (AvgIpc) is 2.84. The highest BCUT2D eigenvalue weighted by Gasteiger charge is 2.26. The van der Waals surface area contributed by atoms with E-state index >= 15 is 0 Å². The summed E-state index contributed by atoms with van der Waals surface area (Å²) in [5, 5.41) is 13.2. The van der Waals surface area contributed by atoms with Gasteiger partial charge in [0.15, 0.2) is 0 Å². The van der Waals surface area contributed by atoms with Crippen LogP contribution in [0.15, 0.2) is 17.3 Å². The molecule has 0 radical (unpaired) electrons. The number of nitrogens with one attached hydrogen (secondary N) is 1. The first-order chi connectivity index (χ1) is 9.03. The summed E-state index contributed by atoms with van der Waals surface area (Å²) >= 11 is 0. The monoisotopic (exact) mass is 287 g/mol. The summed E-state index contributed by atoms with van der Waals surface area (Å²) in [7, 11) is -1.80. The molecular formula is C12H21N3O3S. The number of aliphatic hydroxyl groups is 1. The van der Waals surface area contributed by atoms with Crippen LogP contribution in [-0.4, -0.2) is 36.5 Å². The third-order valence-corrected chi connectivity index (χ3v) is 5.21. The van der Waals surface area contributed by atoms with Crippen LogP contribution in [0.5, 0.6) is 0 Å². The Labute approximate surface area is 113 Å². The highest BCUT2D eigenvalue weighted by molar-refractivity contribution is 7.89. The van der Waals surface area contributed by atoms with Gasteiger partial charge in [-0.2, -0.15) is 5.10 Å². The summed E-state index contributed by atoms with van der Waals surface area (Å²) in [5.74, 6) is 0.440. The molecule has 6 nitrogen and oxygen atoms in total. The van der Waals surface area contributed by atoms with Gasteiger partial charge in [0.2, 0.25) is 10.0 Å². The van der Waals surface area contributed by atoms with Gasteiger partial charge >= 0.3 is 0 Å². The van der Waals surface area contributed by atoms with Gasteiger partial charge < -0.3 is 5.11 Å². The second-order valence-electron chi connectivity index (χ2n) is 5.19. The summed E-state index contributed by atoms with van der Waals surface area (Å²) in [6.45, 7) is 0.530. The van der Waals surface area contributed by atoms with Gasteiger partial charge in [0.1, 0.15) is 4.90 Å². The lowest BCUT2D eigenvalue weighted by Crippen LogP contribution is -2.35. The Balaban J connectivity index is 1.97. The predicted octanol–water partition coefficient (Wildman–Crippen LogP) is 0.497. The van der Waals surface area contributed by atoms with Crippen LogP contribution in [0.2, 0.25) is 0 Å². The average molecular weight is 287 g/mol. The van der Waals surface area contributed by atoms with Gasteiger partial charge in [0.25, 0.3) is 0 Å². The summed E-state index contributed by atoms with van der Waals surface area (Å²) in [6, 6.07) is 0. The molecule has 1 aliphatic rings. The molecule has 1 aliphatic carbocycles. The Hall–Kier alpha value is -0.920. The Morgan fingerprint density at radius 3 is 2.68 bits per heavy atom. The van der Waals surface area contributed by atoms with E-state index in [0.29, 0.717) is 6.54 Å². The van der Waals surface area contributed by atoms with Crippen molar-refractivity contribution in [1.82, 2.24) is 14.5 Å². The quantitative estimate of drug-likeness (QED) is 0.826. The van der Waals surface area contributed by atoms with Gasteiger partial charge in [-0.25, -0.2) is 13.1 Å². The Morgan fingerprint density at radius 2 is 2.11 bits per heavy atom. The molecule has 0 aliphatic heterocycles. The fourth-order valence-electron chi connectivity index (χ4n) is 2.63. The minimum atomic E-state index is -3.49. The number of hydrogen-bond donors (Lipinski definition) is 2. The van der Waals surface area contributed by atoms with E-state index in [1.54, 1.807) is 7.05 Å². The molecule has 2 unspecified atom stereocenters. The van der Waals surface area contributed by atoms with E-state index in [1.807, 2.05) is 0 Å². The van der Waals surface area contributed by atoms with Crippen LogP contribution in [0.4, 0.5) is 0 Å². The summed E-state index contributed by atoms with van der Waals surface area (Å²) in [5.41, 5.74) is 0. The maximum absolute atomic E-state index is 12.1. The molecule has 108 valence electrons. The number of aromatic nitrogens is 2. The first kappa shape index (κ1) is 14.5. The van der Waals surface area contributed by atoms with Crippen molar-refractivity contribution in [2.24, 2.45) is 18.9 Å². The third kappa shape index (κ3) is 3.55. The molecular weight excluding hydrogens is 266 g/mol.